The van der Waals surface area contributed by atoms with Crippen molar-refractivity contribution >= 4 is 23.8 Å². The highest BCUT2D eigenvalue weighted by molar-refractivity contribution is 7.79. The standard InChI is InChI=1S/C24H24F3OP/c1-14-10-21(11-15(2)17(14)4)29(20-8-6-19(28)7-9-20)22-12-16(3)18(5)23(13-22)24(25,26)27/h6-13,28H,1-5H3. The van der Waals surface area contributed by atoms with Crippen molar-refractivity contribution < 1.29 is 18.3 Å². The zero-order valence-electron chi connectivity index (χ0n) is 17.1. The van der Waals surface area contributed by atoms with E-state index in [1.165, 1.54) is 18.6 Å². The van der Waals surface area contributed by atoms with Gasteiger partial charge in [0.1, 0.15) is 5.75 Å². The average molecular weight is 416 g/mol. The number of aromatic hydroxyl groups is 1. The molecule has 0 saturated carbocycles. The molecule has 0 aliphatic heterocycles. The predicted octanol–water partition coefficient (Wildman–Crippen LogP) is 5.71. The maximum absolute atomic E-state index is 13.7. The second-order valence-electron chi connectivity index (χ2n) is 7.49. The number of benzene rings is 3. The molecule has 0 bridgehead atoms. The van der Waals surface area contributed by atoms with Crippen molar-refractivity contribution in [3.63, 3.8) is 0 Å². The van der Waals surface area contributed by atoms with Gasteiger partial charge in [0.15, 0.2) is 0 Å². The molecule has 0 amide bonds. The van der Waals surface area contributed by atoms with Crippen molar-refractivity contribution in [2.24, 2.45) is 0 Å². The molecule has 0 saturated heterocycles. The maximum Gasteiger partial charge on any atom is 0.416 e. The summed E-state index contributed by atoms with van der Waals surface area (Å²) < 4.78 is 41.1. The van der Waals surface area contributed by atoms with Crippen molar-refractivity contribution in [3.8, 4) is 5.75 Å². The Hall–Kier alpha value is -2.32. The zero-order chi connectivity index (χ0) is 21.5. The fraction of sp³-hybridized carbons (Fsp3) is 0.250. The molecule has 3 aromatic rings. The summed E-state index contributed by atoms with van der Waals surface area (Å²) in [5.74, 6) is 0.135. The van der Waals surface area contributed by atoms with Gasteiger partial charge in [-0.2, -0.15) is 13.2 Å². The number of aryl methyl sites for hydroxylation is 3. The molecule has 3 aromatic carbocycles. The Morgan fingerprint density at radius 3 is 1.59 bits per heavy atom. The first-order chi connectivity index (χ1) is 13.5. The first-order valence-electron chi connectivity index (χ1n) is 9.34. The quantitative estimate of drug-likeness (QED) is 0.542. The van der Waals surface area contributed by atoms with E-state index in [9.17, 15) is 18.3 Å². The lowest BCUT2D eigenvalue weighted by Gasteiger charge is -2.24. The highest BCUT2D eigenvalue weighted by Crippen LogP contribution is 2.39. The van der Waals surface area contributed by atoms with E-state index in [1.807, 2.05) is 19.9 Å². The number of halogens is 3. The van der Waals surface area contributed by atoms with E-state index in [4.69, 9.17) is 0 Å². The van der Waals surface area contributed by atoms with Crippen molar-refractivity contribution in [2.75, 3.05) is 0 Å². The normalized spacial score (nSPS) is 12.8. The van der Waals surface area contributed by atoms with Crippen molar-refractivity contribution in [2.45, 2.75) is 40.8 Å². The van der Waals surface area contributed by atoms with Gasteiger partial charge in [0, 0.05) is 0 Å². The van der Waals surface area contributed by atoms with E-state index in [-0.39, 0.29) is 11.3 Å². The van der Waals surface area contributed by atoms with E-state index < -0.39 is 19.7 Å². The molecular formula is C24H24F3OP. The summed E-state index contributed by atoms with van der Waals surface area (Å²) in [6.07, 6.45) is -4.40. The van der Waals surface area contributed by atoms with Crippen LogP contribution in [0.2, 0.25) is 0 Å². The van der Waals surface area contributed by atoms with Gasteiger partial charge in [0.05, 0.1) is 5.56 Å². The van der Waals surface area contributed by atoms with E-state index in [0.717, 1.165) is 21.7 Å². The Balaban J connectivity index is 2.30. The molecule has 0 aliphatic carbocycles. The van der Waals surface area contributed by atoms with Gasteiger partial charge in [-0.1, -0.05) is 30.3 Å². The number of phenols is 1. The van der Waals surface area contributed by atoms with Crippen LogP contribution in [0.4, 0.5) is 13.2 Å². The summed E-state index contributed by atoms with van der Waals surface area (Å²) in [5.41, 5.74) is 3.72. The number of phenolic OH excluding ortho intramolecular Hbond substituents is 1. The summed E-state index contributed by atoms with van der Waals surface area (Å²) in [5, 5.41) is 12.3. The summed E-state index contributed by atoms with van der Waals surface area (Å²) in [4.78, 5) is 0. The van der Waals surface area contributed by atoms with Crippen LogP contribution >= 0.6 is 7.92 Å². The maximum atomic E-state index is 13.7. The minimum Gasteiger partial charge on any atom is -0.508 e. The minimum atomic E-state index is -4.40. The van der Waals surface area contributed by atoms with E-state index in [2.05, 4.69) is 19.1 Å². The van der Waals surface area contributed by atoms with E-state index in [0.29, 0.717) is 10.9 Å². The summed E-state index contributed by atoms with van der Waals surface area (Å²) >= 11 is 0. The van der Waals surface area contributed by atoms with Crippen LogP contribution in [0, 0.1) is 34.6 Å². The van der Waals surface area contributed by atoms with Gasteiger partial charge in [-0.05, 0) is 104 Å². The second kappa shape index (κ2) is 7.84. The molecule has 0 fully saturated rings. The lowest BCUT2D eigenvalue weighted by molar-refractivity contribution is -0.138. The van der Waals surface area contributed by atoms with Gasteiger partial charge in [-0.25, -0.2) is 0 Å². The lowest BCUT2D eigenvalue weighted by Crippen LogP contribution is -2.24. The fourth-order valence-electron chi connectivity index (χ4n) is 3.45. The molecule has 0 spiro atoms. The van der Waals surface area contributed by atoms with Gasteiger partial charge in [-0.3, -0.25) is 0 Å². The van der Waals surface area contributed by atoms with Crippen LogP contribution in [-0.4, -0.2) is 5.11 Å². The molecule has 1 N–H and O–H groups in total. The van der Waals surface area contributed by atoms with Crippen LogP contribution in [0.25, 0.3) is 0 Å². The Bertz CT molecular complexity index is 1030. The number of alkyl halides is 3. The monoisotopic (exact) mass is 416 g/mol. The molecular weight excluding hydrogens is 392 g/mol. The molecule has 29 heavy (non-hydrogen) atoms. The summed E-state index contributed by atoms with van der Waals surface area (Å²) in [7, 11) is -1.21. The third-order valence-corrected chi connectivity index (χ3v) is 7.86. The molecule has 3 rings (SSSR count). The van der Waals surface area contributed by atoms with Gasteiger partial charge in [-0.15, -0.1) is 0 Å². The Labute approximate surface area is 171 Å². The molecule has 1 unspecified atom stereocenters. The Morgan fingerprint density at radius 2 is 1.10 bits per heavy atom. The van der Waals surface area contributed by atoms with Crippen LogP contribution < -0.4 is 15.9 Å². The highest BCUT2D eigenvalue weighted by atomic mass is 31.1. The molecule has 0 heterocycles. The van der Waals surface area contributed by atoms with E-state index >= 15 is 0 Å². The SMILES string of the molecule is Cc1cc(P(c2ccc(O)cc2)c2cc(C)c(C)c(C(F)(F)F)c2)cc(C)c1C. The predicted molar refractivity (Wildman–Crippen MR) is 115 cm³/mol. The Kier molecular flexibility index (Phi) is 5.78. The van der Waals surface area contributed by atoms with E-state index in [1.54, 1.807) is 31.2 Å². The molecule has 152 valence electrons. The van der Waals surface area contributed by atoms with Crippen LogP contribution in [-0.2, 0) is 6.18 Å². The number of hydrogen-bond acceptors (Lipinski definition) is 1. The largest absolute Gasteiger partial charge is 0.508 e. The first kappa shape index (κ1) is 21.4. The van der Waals surface area contributed by atoms with Crippen LogP contribution in [0.1, 0.15) is 33.4 Å². The summed E-state index contributed by atoms with van der Waals surface area (Å²) in [6.45, 7) is 9.35. The topological polar surface area (TPSA) is 20.2 Å². The number of hydrogen-bond donors (Lipinski definition) is 1. The molecule has 1 atom stereocenters. The third-order valence-electron chi connectivity index (χ3n) is 5.49. The molecule has 0 aromatic heterocycles. The number of rotatable bonds is 3. The first-order valence-corrected chi connectivity index (χ1v) is 10.7. The van der Waals surface area contributed by atoms with Crippen molar-refractivity contribution in [1.29, 1.82) is 0 Å². The van der Waals surface area contributed by atoms with Crippen LogP contribution in [0.15, 0.2) is 48.5 Å². The van der Waals surface area contributed by atoms with Crippen LogP contribution in [0.5, 0.6) is 5.75 Å². The molecule has 0 aliphatic rings. The summed E-state index contributed by atoms with van der Waals surface area (Å²) in [6, 6.07) is 14.1. The smallest absolute Gasteiger partial charge is 0.416 e. The second-order valence-corrected chi connectivity index (χ2v) is 9.71. The fourth-order valence-corrected chi connectivity index (χ4v) is 6.02. The molecule has 0 radical (unpaired) electrons. The van der Waals surface area contributed by atoms with Gasteiger partial charge < -0.3 is 5.11 Å². The van der Waals surface area contributed by atoms with Gasteiger partial charge in [0.2, 0.25) is 0 Å². The van der Waals surface area contributed by atoms with Crippen LogP contribution in [0.3, 0.4) is 0 Å². The van der Waals surface area contributed by atoms with Gasteiger partial charge in [0.25, 0.3) is 0 Å². The van der Waals surface area contributed by atoms with Crippen molar-refractivity contribution in [1.82, 2.24) is 0 Å². The molecule has 1 nitrogen and oxygen atoms in total. The molecule has 5 heteroatoms. The highest BCUT2D eigenvalue weighted by Gasteiger charge is 2.34. The lowest BCUT2D eigenvalue weighted by atomic mass is 10.0. The zero-order valence-corrected chi connectivity index (χ0v) is 18.0. The average Bonchev–Trinajstić information content (AvgIpc) is 2.63. The third kappa shape index (κ3) is 4.33. The van der Waals surface area contributed by atoms with Crippen molar-refractivity contribution in [3.05, 3.63) is 81.9 Å². The van der Waals surface area contributed by atoms with Gasteiger partial charge >= 0.3 is 6.18 Å². The minimum absolute atomic E-state index is 0.135. The Morgan fingerprint density at radius 1 is 0.655 bits per heavy atom.